The summed E-state index contributed by atoms with van der Waals surface area (Å²) in [6, 6.07) is 15.2. The fourth-order valence-corrected chi connectivity index (χ4v) is 2.88. The van der Waals surface area contributed by atoms with Gasteiger partial charge in [-0.15, -0.1) is 0 Å². The van der Waals surface area contributed by atoms with Crippen molar-refractivity contribution in [2.75, 3.05) is 44.2 Å². The third-order valence-electron chi connectivity index (χ3n) is 3.92. The van der Waals surface area contributed by atoms with Crippen LogP contribution in [0.4, 0.5) is 5.69 Å². The molecule has 0 atom stereocenters. The molecule has 2 N–H and O–H groups in total. The molecule has 2 aromatic carbocycles. The van der Waals surface area contributed by atoms with E-state index in [0.717, 1.165) is 39.3 Å². The van der Waals surface area contributed by atoms with E-state index >= 15 is 0 Å². The number of nitrogens with zero attached hydrogens (tertiary/aromatic N) is 2. The third-order valence-corrected chi connectivity index (χ3v) is 3.92. The Morgan fingerprint density at radius 1 is 0.895 bits per heavy atom. The van der Waals surface area contributed by atoms with Crippen molar-refractivity contribution in [3.8, 4) is 0 Å². The van der Waals surface area contributed by atoms with Gasteiger partial charge in [0.1, 0.15) is 0 Å². The molecule has 0 spiro atoms. The molecule has 3 nitrogen and oxygen atoms in total. The molecule has 0 radical (unpaired) electrons. The van der Waals surface area contributed by atoms with Crippen LogP contribution in [0.3, 0.4) is 0 Å². The first-order valence-corrected chi connectivity index (χ1v) is 7.03. The van der Waals surface area contributed by atoms with Gasteiger partial charge >= 0.3 is 0 Å². The van der Waals surface area contributed by atoms with Crippen molar-refractivity contribution < 1.29 is 0 Å². The molecular weight excluding hydrogens is 234 g/mol. The second kappa shape index (κ2) is 5.59. The first kappa shape index (κ1) is 12.5. The van der Waals surface area contributed by atoms with Crippen molar-refractivity contribution in [3.05, 3.63) is 42.5 Å². The average molecular weight is 255 g/mol. The van der Waals surface area contributed by atoms with E-state index in [1.165, 1.54) is 16.5 Å². The minimum Gasteiger partial charge on any atom is -0.368 e. The average Bonchev–Trinajstić information content (AvgIpc) is 2.48. The standard InChI is InChI=1S/C16H21N3/c17-8-9-18-10-12-19(13-11-18)16-7-3-5-14-4-1-2-6-15(14)16/h1-7H,8-13,17H2. The number of nitrogens with two attached hydrogens (primary N) is 1. The molecule has 0 aliphatic carbocycles. The van der Waals surface area contributed by atoms with Crippen LogP contribution in [0.25, 0.3) is 10.8 Å². The Morgan fingerprint density at radius 2 is 1.63 bits per heavy atom. The third kappa shape index (κ3) is 2.57. The Hall–Kier alpha value is -1.58. The molecule has 0 amide bonds. The zero-order valence-electron chi connectivity index (χ0n) is 11.3. The van der Waals surface area contributed by atoms with Gasteiger partial charge in [0.2, 0.25) is 0 Å². The lowest BCUT2D eigenvalue weighted by molar-refractivity contribution is 0.265. The van der Waals surface area contributed by atoms with Gasteiger partial charge < -0.3 is 10.6 Å². The maximum atomic E-state index is 5.62. The van der Waals surface area contributed by atoms with Gasteiger partial charge in [0, 0.05) is 50.3 Å². The maximum Gasteiger partial charge on any atom is 0.0446 e. The molecule has 100 valence electrons. The second-order valence-corrected chi connectivity index (χ2v) is 5.12. The van der Waals surface area contributed by atoms with Crippen LogP contribution in [0.2, 0.25) is 0 Å². The largest absolute Gasteiger partial charge is 0.368 e. The number of benzene rings is 2. The summed E-state index contributed by atoms with van der Waals surface area (Å²) in [5, 5.41) is 2.68. The normalized spacial score (nSPS) is 17.0. The Morgan fingerprint density at radius 3 is 2.42 bits per heavy atom. The van der Waals surface area contributed by atoms with E-state index in [1.54, 1.807) is 0 Å². The molecule has 0 saturated carbocycles. The highest BCUT2D eigenvalue weighted by Gasteiger charge is 2.17. The van der Waals surface area contributed by atoms with Crippen molar-refractivity contribution in [2.45, 2.75) is 0 Å². The first-order chi connectivity index (χ1) is 9.38. The van der Waals surface area contributed by atoms with E-state index < -0.39 is 0 Å². The molecule has 19 heavy (non-hydrogen) atoms. The Balaban J connectivity index is 1.82. The predicted octanol–water partition coefficient (Wildman–Crippen LogP) is 1.92. The fourth-order valence-electron chi connectivity index (χ4n) is 2.88. The lowest BCUT2D eigenvalue weighted by atomic mass is 10.1. The molecule has 1 aliphatic heterocycles. The molecule has 1 heterocycles. The number of rotatable bonds is 3. The van der Waals surface area contributed by atoms with Crippen molar-refractivity contribution in [1.29, 1.82) is 0 Å². The zero-order chi connectivity index (χ0) is 13.1. The van der Waals surface area contributed by atoms with Gasteiger partial charge in [-0.25, -0.2) is 0 Å². The molecule has 3 heteroatoms. The molecule has 0 unspecified atom stereocenters. The highest BCUT2D eigenvalue weighted by Crippen LogP contribution is 2.27. The van der Waals surface area contributed by atoms with Gasteiger partial charge in [-0.3, -0.25) is 4.90 Å². The summed E-state index contributed by atoms with van der Waals surface area (Å²) in [6.07, 6.45) is 0. The van der Waals surface area contributed by atoms with Gasteiger partial charge in [-0.05, 0) is 11.5 Å². The molecule has 2 aromatic rings. The van der Waals surface area contributed by atoms with Crippen LogP contribution in [0, 0.1) is 0 Å². The van der Waals surface area contributed by atoms with Gasteiger partial charge in [0.15, 0.2) is 0 Å². The minimum atomic E-state index is 0.758. The maximum absolute atomic E-state index is 5.62. The van der Waals surface area contributed by atoms with E-state index in [0.29, 0.717) is 0 Å². The van der Waals surface area contributed by atoms with Crippen LogP contribution in [0.5, 0.6) is 0 Å². The van der Waals surface area contributed by atoms with E-state index in [2.05, 4.69) is 52.3 Å². The van der Waals surface area contributed by atoms with E-state index in [1.807, 2.05) is 0 Å². The minimum absolute atomic E-state index is 0.758. The van der Waals surface area contributed by atoms with Crippen LogP contribution >= 0.6 is 0 Å². The molecule has 0 bridgehead atoms. The Bertz CT molecular complexity index is 539. The first-order valence-electron chi connectivity index (χ1n) is 7.03. The smallest absolute Gasteiger partial charge is 0.0446 e. The van der Waals surface area contributed by atoms with Crippen LogP contribution < -0.4 is 10.6 Å². The monoisotopic (exact) mass is 255 g/mol. The summed E-state index contributed by atoms with van der Waals surface area (Å²) in [7, 11) is 0. The van der Waals surface area contributed by atoms with Crippen LogP contribution in [-0.2, 0) is 0 Å². The van der Waals surface area contributed by atoms with Gasteiger partial charge in [0.05, 0.1) is 0 Å². The van der Waals surface area contributed by atoms with Crippen LogP contribution in [0.1, 0.15) is 0 Å². The predicted molar refractivity (Wildman–Crippen MR) is 81.7 cm³/mol. The lowest BCUT2D eigenvalue weighted by Crippen LogP contribution is -2.47. The number of hydrogen-bond acceptors (Lipinski definition) is 3. The number of piperazine rings is 1. The van der Waals surface area contributed by atoms with Crippen LogP contribution in [0.15, 0.2) is 42.5 Å². The van der Waals surface area contributed by atoms with Crippen molar-refractivity contribution >= 4 is 16.5 Å². The summed E-state index contributed by atoms with van der Waals surface area (Å²) in [4.78, 5) is 4.94. The van der Waals surface area contributed by atoms with Crippen molar-refractivity contribution in [2.24, 2.45) is 5.73 Å². The number of hydrogen-bond donors (Lipinski definition) is 1. The van der Waals surface area contributed by atoms with Crippen molar-refractivity contribution in [3.63, 3.8) is 0 Å². The van der Waals surface area contributed by atoms with E-state index in [-0.39, 0.29) is 0 Å². The van der Waals surface area contributed by atoms with Gasteiger partial charge in [-0.2, -0.15) is 0 Å². The quantitative estimate of drug-likeness (QED) is 0.909. The second-order valence-electron chi connectivity index (χ2n) is 5.12. The topological polar surface area (TPSA) is 32.5 Å². The molecule has 1 fully saturated rings. The summed E-state index contributed by atoms with van der Waals surface area (Å²) in [6.45, 7) is 6.18. The van der Waals surface area contributed by atoms with Gasteiger partial charge in [0.25, 0.3) is 0 Å². The SMILES string of the molecule is NCCN1CCN(c2cccc3ccccc23)CC1. The van der Waals surface area contributed by atoms with E-state index in [9.17, 15) is 0 Å². The van der Waals surface area contributed by atoms with Crippen LogP contribution in [-0.4, -0.2) is 44.2 Å². The van der Waals surface area contributed by atoms with Crippen molar-refractivity contribution in [1.82, 2.24) is 4.90 Å². The highest BCUT2D eigenvalue weighted by molar-refractivity contribution is 5.94. The summed E-state index contributed by atoms with van der Waals surface area (Å²) >= 11 is 0. The fraction of sp³-hybridized carbons (Fsp3) is 0.375. The number of anilines is 1. The summed E-state index contributed by atoms with van der Waals surface area (Å²) < 4.78 is 0. The molecular formula is C16H21N3. The zero-order valence-corrected chi connectivity index (χ0v) is 11.3. The summed E-state index contributed by atoms with van der Waals surface area (Å²) in [5.74, 6) is 0. The molecule has 3 rings (SSSR count). The van der Waals surface area contributed by atoms with E-state index in [4.69, 9.17) is 5.73 Å². The molecule has 0 aromatic heterocycles. The molecule has 1 saturated heterocycles. The number of fused-ring (bicyclic) bond motifs is 1. The Kier molecular flexibility index (Phi) is 3.67. The molecule has 1 aliphatic rings. The highest BCUT2D eigenvalue weighted by atomic mass is 15.3. The van der Waals surface area contributed by atoms with Gasteiger partial charge in [-0.1, -0.05) is 36.4 Å². The lowest BCUT2D eigenvalue weighted by Gasteiger charge is -2.36. The Labute approximate surface area is 114 Å². The summed E-state index contributed by atoms with van der Waals surface area (Å²) in [5.41, 5.74) is 6.99.